The molecule has 2 aliphatic heterocycles. The summed E-state index contributed by atoms with van der Waals surface area (Å²) in [7, 11) is 0. The van der Waals surface area contributed by atoms with Crippen LogP contribution in [0.5, 0.6) is 0 Å². The average Bonchev–Trinajstić information content (AvgIpc) is 2.04. The van der Waals surface area contributed by atoms with E-state index in [-0.39, 0.29) is 0 Å². The number of thioether (sulfide) groups is 1. The number of nitrogens with two attached hydrogens (primary N) is 1. The van der Waals surface area contributed by atoms with Gasteiger partial charge >= 0.3 is 0 Å². The van der Waals surface area contributed by atoms with Gasteiger partial charge in [0.25, 0.3) is 0 Å². The van der Waals surface area contributed by atoms with Gasteiger partial charge in [0.1, 0.15) is 0 Å². The number of hydrogen-bond donors (Lipinski definition) is 1. The van der Waals surface area contributed by atoms with Gasteiger partial charge in [0.05, 0.1) is 12.6 Å². The second-order valence-corrected chi connectivity index (χ2v) is 4.11. The minimum Gasteiger partial charge on any atom is -0.370 e. The maximum Gasteiger partial charge on any atom is 0.0566 e. The van der Waals surface area contributed by atoms with Gasteiger partial charge in [-0.3, -0.25) is 0 Å². The van der Waals surface area contributed by atoms with Crippen molar-refractivity contribution in [1.29, 1.82) is 0 Å². The van der Waals surface area contributed by atoms with Crippen molar-refractivity contribution in [2.75, 3.05) is 24.6 Å². The van der Waals surface area contributed by atoms with Crippen molar-refractivity contribution in [3.63, 3.8) is 0 Å². The molecular weight excluding hydrogens is 158 g/mol. The lowest BCUT2D eigenvalue weighted by molar-refractivity contribution is 0.205. The zero-order chi connectivity index (χ0) is 7.68. The largest absolute Gasteiger partial charge is 0.370 e. The third kappa shape index (κ3) is 1.46. The Balaban J connectivity index is 2.05. The Morgan fingerprint density at radius 1 is 1.45 bits per heavy atom. The highest BCUT2D eigenvalue weighted by Gasteiger charge is 2.23. The number of rotatable bonds is 0. The SMILES string of the molecule is NN1C=CN2CCSC[C@@H]2C1. The predicted molar refractivity (Wildman–Crippen MR) is 47.9 cm³/mol. The number of hydrazine groups is 1. The van der Waals surface area contributed by atoms with Gasteiger partial charge in [-0.15, -0.1) is 0 Å². The Morgan fingerprint density at radius 2 is 2.36 bits per heavy atom. The van der Waals surface area contributed by atoms with Gasteiger partial charge in [0.15, 0.2) is 0 Å². The molecule has 4 heteroatoms. The molecule has 2 N–H and O–H groups in total. The van der Waals surface area contributed by atoms with Crippen LogP contribution in [-0.4, -0.2) is 40.5 Å². The third-order valence-electron chi connectivity index (χ3n) is 2.14. The summed E-state index contributed by atoms with van der Waals surface area (Å²) in [6.07, 6.45) is 4.06. The Labute approximate surface area is 71.2 Å². The molecule has 0 aromatic rings. The van der Waals surface area contributed by atoms with Crippen LogP contribution in [0.1, 0.15) is 0 Å². The van der Waals surface area contributed by atoms with Crippen molar-refractivity contribution in [2.24, 2.45) is 5.84 Å². The molecule has 2 aliphatic rings. The minimum atomic E-state index is 0.642. The number of hydrogen-bond acceptors (Lipinski definition) is 4. The van der Waals surface area contributed by atoms with Crippen LogP contribution in [-0.2, 0) is 0 Å². The van der Waals surface area contributed by atoms with E-state index >= 15 is 0 Å². The van der Waals surface area contributed by atoms with Crippen molar-refractivity contribution in [1.82, 2.24) is 9.91 Å². The first-order valence-corrected chi connectivity index (χ1v) is 5.05. The summed E-state index contributed by atoms with van der Waals surface area (Å²) < 4.78 is 0. The first kappa shape index (κ1) is 7.31. The van der Waals surface area contributed by atoms with E-state index in [1.807, 2.05) is 18.0 Å². The zero-order valence-electron chi connectivity index (χ0n) is 6.44. The summed E-state index contributed by atoms with van der Waals surface area (Å²) in [5, 5.41) is 1.77. The monoisotopic (exact) mass is 171 g/mol. The lowest BCUT2D eigenvalue weighted by Crippen LogP contribution is -2.50. The summed E-state index contributed by atoms with van der Waals surface area (Å²) in [5.41, 5.74) is 0. The van der Waals surface area contributed by atoms with Gasteiger partial charge in [-0.2, -0.15) is 11.8 Å². The highest BCUT2D eigenvalue weighted by atomic mass is 32.2. The van der Waals surface area contributed by atoms with Crippen LogP contribution in [0.4, 0.5) is 0 Å². The molecule has 2 rings (SSSR count). The predicted octanol–water partition coefficient (Wildman–Crippen LogP) is 0.0643. The second kappa shape index (κ2) is 2.95. The molecule has 0 unspecified atom stereocenters. The molecule has 0 amide bonds. The van der Waals surface area contributed by atoms with E-state index in [1.165, 1.54) is 18.1 Å². The van der Waals surface area contributed by atoms with E-state index in [0.717, 1.165) is 6.54 Å². The van der Waals surface area contributed by atoms with Crippen LogP contribution < -0.4 is 5.84 Å². The van der Waals surface area contributed by atoms with Gasteiger partial charge in [0.2, 0.25) is 0 Å². The highest BCUT2D eigenvalue weighted by molar-refractivity contribution is 7.99. The quantitative estimate of drug-likeness (QED) is 0.523. The van der Waals surface area contributed by atoms with Gasteiger partial charge in [-0.05, 0) is 0 Å². The van der Waals surface area contributed by atoms with Gasteiger partial charge < -0.3 is 9.91 Å². The molecule has 1 atom stereocenters. The molecule has 0 bridgehead atoms. The van der Waals surface area contributed by atoms with E-state index < -0.39 is 0 Å². The zero-order valence-corrected chi connectivity index (χ0v) is 7.26. The Kier molecular flexibility index (Phi) is 1.96. The highest BCUT2D eigenvalue weighted by Crippen LogP contribution is 2.19. The summed E-state index contributed by atoms with van der Waals surface area (Å²) in [6.45, 7) is 2.16. The normalized spacial score (nSPS) is 30.5. The Bertz CT molecular complexity index is 171. The maximum atomic E-state index is 5.65. The number of nitrogens with zero attached hydrogens (tertiary/aromatic N) is 2. The topological polar surface area (TPSA) is 32.5 Å². The first-order valence-electron chi connectivity index (χ1n) is 3.89. The molecule has 0 saturated carbocycles. The Hall–Kier alpha value is -0.350. The van der Waals surface area contributed by atoms with Gasteiger partial charge in [-0.1, -0.05) is 0 Å². The lowest BCUT2D eigenvalue weighted by atomic mass is 10.2. The summed E-state index contributed by atoms with van der Waals surface area (Å²) in [6, 6.07) is 0.642. The summed E-state index contributed by atoms with van der Waals surface area (Å²) in [4.78, 5) is 2.39. The standard InChI is InChI=1S/C7H13N3S/c8-10-2-1-9-3-4-11-6-7(9)5-10/h1-2,7H,3-6,8H2/t7-/m0/s1. The molecule has 0 radical (unpaired) electrons. The molecule has 0 spiro atoms. The van der Waals surface area contributed by atoms with Crippen molar-refractivity contribution in [2.45, 2.75) is 6.04 Å². The fourth-order valence-electron chi connectivity index (χ4n) is 1.50. The van der Waals surface area contributed by atoms with Gasteiger partial charge in [0, 0.05) is 30.5 Å². The van der Waals surface area contributed by atoms with Crippen LogP contribution in [0.2, 0.25) is 0 Å². The van der Waals surface area contributed by atoms with E-state index in [1.54, 1.807) is 5.01 Å². The fraction of sp³-hybridized carbons (Fsp3) is 0.714. The van der Waals surface area contributed by atoms with E-state index in [9.17, 15) is 0 Å². The lowest BCUT2D eigenvalue weighted by Gasteiger charge is -2.39. The van der Waals surface area contributed by atoms with E-state index in [0.29, 0.717) is 6.04 Å². The molecule has 0 aromatic carbocycles. The molecule has 1 saturated heterocycles. The molecule has 0 aromatic heterocycles. The second-order valence-electron chi connectivity index (χ2n) is 2.96. The van der Waals surface area contributed by atoms with E-state index in [2.05, 4.69) is 11.1 Å². The van der Waals surface area contributed by atoms with Gasteiger partial charge in [-0.25, -0.2) is 5.84 Å². The van der Waals surface area contributed by atoms with Crippen LogP contribution in [0, 0.1) is 0 Å². The van der Waals surface area contributed by atoms with Crippen molar-refractivity contribution >= 4 is 11.8 Å². The molecular formula is C7H13N3S. The molecule has 2 heterocycles. The van der Waals surface area contributed by atoms with Crippen molar-refractivity contribution in [3.05, 3.63) is 12.4 Å². The Morgan fingerprint density at radius 3 is 3.27 bits per heavy atom. The average molecular weight is 171 g/mol. The first-order chi connectivity index (χ1) is 5.36. The van der Waals surface area contributed by atoms with Crippen LogP contribution in [0.25, 0.3) is 0 Å². The van der Waals surface area contributed by atoms with Crippen LogP contribution in [0.3, 0.4) is 0 Å². The molecule has 0 aliphatic carbocycles. The summed E-state index contributed by atoms with van der Waals surface area (Å²) >= 11 is 2.02. The van der Waals surface area contributed by atoms with E-state index in [4.69, 9.17) is 5.84 Å². The summed E-state index contributed by atoms with van der Waals surface area (Å²) in [5.74, 6) is 8.13. The fourth-order valence-corrected chi connectivity index (χ4v) is 2.57. The molecule has 3 nitrogen and oxygen atoms in total. The maximum absolute atomic E-state index is 5.65. The molecule has 1 fully saturated rings. The van der Waals surface area contributed by atoms with Crippen molar-refractivity contribution in [3.8, 4) is 0 Å². The molecule has 11 heavy (non-hydrogen) atoms. The van der Waals surface area contributed by atoms with Crippen molar-refractivity contribution < 1.29 is 0 Å². The third-order valence-corrected chi connectivity index (χ3v) is 3.24. The van der Waals surface area contributed by atoms with Crippen LogP contribution >= 0.6 is 11.8 Å². The molecule has 62 valence electrons. The smallest absolute Gasteiger partial charge is 0.0566 e. The van der Waals surface area contributed by atoms with Crippen LogP contribution in [0.15, 0.2) is 12.4 Å². The minimum absolute atomic E-state index is 0.642. The number of fused-ring (bicyclic) bond motifs is 1.